The summed E-state index contributed by atoms with van der Waals surface area (Å²) < 4.78 is 14.9. The SMILES string of the molecule is Cc1nc(NCc2cccc(F)c2)nc(-c2ncn3c(C(N)=O)cccc23)n1. The van der Waals surface area contributed by atoms with E-state index in [1.54, 1.807) is 41.7 Å². The first-order chi connectivity index (χ1) is 13.5. The van der Waals surface area contributed by atoms with E-state index >= 15 is 0 Å². The Bertz CT molecular complexity index is 1190. The van der Waals surface area contributed by atoms with Gasteiger partial charge in [0, 0.05) is 6.54 Å². The molecule has 4 rings (SSSR count). The van der Waals surface area contributed by atoms with Crippen LogP contribution in [0.25, 0.3) is 17.0 Å². The minimum atomic E-state index is -0.557. The van der Waals surface area contributed by atoms with E-state index < -0.39 is 5.91 Å². The van der Waals surface area contributed by atoms with Crippen molar-refractivity contribution in [3.8, 4) is 11.5 Å². The van der Waals surface area contributed by atoms with Gasteiger partial charge in [0.05, 0.1) is 5.52 Å². The number of halogens is 1. The van der Waals surface area contributed by atoms with Crippen LogP contribution in [0.15, 0.2) is 48.8 Å². The number of primary amides is 1. The Balaban J connectivity index is 1.68. The molecule has 3 N–H and O–H groups in total. The Morgan fingerprint density at radius 2 is 2.00 bits per heavy atom. The maximum absolute atomic E-state index is 13.3. The molecule has 0 spiro atoms. The van der Waals surface area contributed by atoms with Gasteiger partial charge in [-0.05, 0) is 36.8 Å². The average molecular weight is 377 g/mol. The Kier molecular flexibility index (Phi) is 4.40. The Morgan fingerprint density at radius 1 is 1.18 bits per heavy atom. The molecule has 9 heteroatoms. The topological polar surface area (TPSA) is 111 Å². The molecule has 0 saturated heterocycles. The lowest BCUT2D eigenvalue weighted by Gasteiger charge is -2.07. The van der Waals surface area contributed by atoms with Crippen molar-refractivity contribution < 1.29 is 9.18 Å². The minimum Gasteiger partial charge on any atom is -0.364 e. The number of carbonyl (C=O) groups is 1. The monoisotopic (exact) mass is 377 g/mol. The van der Waals surface area contributed by atoms with Gasteiger partial charge in [0.2, 0.25) is 5.95 Å². The van der Waals surface area contributed by atoms with Crippen LogP contribution in [-0.2, 0) is 6.54 Å². The fraction of sp³-hybridized carbons (Fsp3) is 0.105. The van der Waals surface area contributed by atoms with Crippen molar-refractivity contribution in [1.29, 1.82) is 0 Å². The zero-order chi connectivity index (χ0) is 19.7. The Hall–Kier alpha value is -3.88. The van der Waals surface area contributed by atoms with Crippen LogP contribution in [0.4, 0.5) is 10.3 Å². The van der Waals surface area contributed by atoms with Crippen molar-refractivity contribution in [2.75, 3.05) is 5.32 Å². The first kappa shape index (κ1) is 17.5. The van der Waals surface area contributed by atoms with Crippen molar-refractivity contribution in [2.45, 2.75) is 13.5 Å². The highest BCUT2D eigenvalue weighted by molar-refractivity contribution is 5.92. The van der Waals surface area contributed by atoms with Gasteiger partial charge in [-0.25, -0.2) is 14.4 Å². The Morgan fingerprint density at radius 3 is 2.79 bits per heavy atom. The van der Waals surface area contributed by atoms with Crippen LogP contribution in [0.5, 0.6) is 0 Å². The molecule has 140 valence electrons. The third-order valence-electron chi connectivity index (χ3n) is 4.12. The van der Waals surface area contributed by atoms with Crippen LogP contribution in [0.1, 0.15) is 21.9 Å². The van der Waals surface area contributed by atoms with Gasteiger partial charge in [-0.3, -0.25) is 9.20 Å². The number of aromatic nitrogens is 5. The van der Waals surface area contributed by atoms with Crippen LogP contribution in [0.2, 0.25) is 0 Å². The van der Waals surface area contributed by atoms with Crippen LogP contribution in [0, 0.1) is 12.7 Å². The van der Waals surface area contributed by atoms with Gasteiger partial charge in [0.15, 0.2) is 5.82 Å². The summed E-state index contributed by atoms with van der Waals surface area (Å²) in [5.74, 6) is 0.344. The number of nitrogens with two attached hydrogens (primary N) is 1. The van der Waals surface area contributed by atoms with Crippen molar-refractivity contribution in [1.82, 2.24) is 24.3 Å². The summed E-state index contributed by atoms with van der Waals surface area (Å²) in [6, 6.07) is 11.4. The molecule has 1 aromatic carbocycles. The summed E-state index contributed by atoms with van der Waals surface area (Å²) in [5.41, 5.74) is 7.64. The second-order valence-corrected chi connectivity index (χ2v) is 6.14. The normalized spacial score (nSPS) is 10.9. The van der Waals surface area contributed by atoms with E-state index in [9.17, 15) is 9.18 Å². The van der Waals surface area contributed by atoms with E-state index in [1.807, 2.05) is 0 Å². The number of hydrogen-bond donors (Lipinski definition) is 2. The zero-order valence-electron chi connectivity index (χ0n) is 14.9. The van der Waals surface area contributed by atoms with Gasteiger partial charge in [0.1, 0.15) is 29.4 Å². The smallest absolute Gasteiger partial charge is 0.265 e. The first-order valence-corrected chi connectivity index (χ1v) is 8.48. The third-order valence-corrected chi connectivity index (χ3v) is 4.12. The molecule has 3 aromatic heterocycles. The summed E-state index contributed by atoms with van der Waals surface area (Å²) in [5, 5.41) is 3.07. The summed E-state index contributed by atoms with van der Waals surface area (Å²) in [4.78, 5) is 29.0. The number of fused-ring (bicyclic) bond motifs is 1. The number of benzene rings is 1. The number of rotatable bonds is 5. The zero-order valence-corrected chi connectivity index (χ0v) is 14.9. The van der Waals surface area contributed by atoms with Gasteiger partial charge in [-0.1, -0.05) is 18.2 Å². The van der Waals surface area contributed by atoms with E-state index in [0.29, 0.717) is 41.0 Å². The second-order valence-electron chi connectivity index (χ2n) is 6.14. The highest BCUT2D eigenvalue weighted by Crippen LogP contribution is 2.22. The molecular formula is C19H16FN7O. The molecule has 1 amide bonds. The molecule has 3 heterocycles. The van der Waals surface area contributed by atoms with E-state index in [2.05, 4.69) is 25.3 Å². The average Bonchev–Trinajstić information content (AvgIpc) is 3.10. The molecule has 0 aliphatic heterocycles. The van der Waals surface area contributed by atoms with Crippen molar-refractivity contribution in [3.63, 3.8) is 0 Å². The maximum Gasteiger partial charge on any atom is 0.265 e. The van der Waals surface area contributed by atoms with Crippen molar-refractivity contribution in [3.05, 3.63) is 71.7 Å². The number of nitrogens with zero attached hydrogens (tertiary/aromatic N) is 5. The number of amides is 1. The summed E-state index contributed by atoms with van der Waals surface area (Å²) in [7, 11) is 0. The molecule has 8 nitrogen and oxygen atoms in total. The van der Waals surface area contributed by atoms with Gasteiger partial charge >= 0.3 is 0 Å². The number of hydrogen-bond acceptors (Lipinski definition) is 6. The molecule has 4 aromatic rings. The predicted molar refractivity (Wildman–Crippen MR) is 101 cm³/mol. The van der Waals surface area contributed by atoms with Crippen LogP contribution in [0.3, 0.4) is 0 Å². The van der Waals surface area contributed by atoms with Crippen LogP contribution >= 0.6 is 0 Å². The highest BCUT2D eigenvalue weighted by Gasteiger charge is 2.15. The van der Waals surface area contributed by atoms with Gasteiger partial charge in [-0.2, -0.15) is 9.97 Å². The van der Waals surface area contributed by atoms with Gasteiger partial charge < -0.3 is 11.1 Å². The Labute approximate surface area is 159 Å². The quantitative estimate of drug-likeness (QED) is 0.552. The number of carbonyl (C=O) groups excluding carboxylic acids is 1. The first-order valence-electron chi connectivity index (χ1n) is 8.48. The lowest BCUT2D eigenvalue weighted by atomic mass is 10.2. The number of imidazole rings is 1. The lowest BCUT2D eigenvalue weighted by Crippen LogP contribution is -2.14. The van der Waals surface area contributed by atoms with Crippen molar-refractivity contribution in [2.24, 2.45) is 5.73 Å². The fourth-order valence-corrected chi connectivity index (χ4v) is 2.89. The molecule has 0 saturated carbocycles. The molecule has 28 heavy (non-hydrogen) atoms. The second kappa shape index (κ2) is 7.03. The number of anilines is 1. The summed E-state index contributed by atoms with van der Waals surface area (Å²) in [6.07, 6.45) is 1.50. The molecule has 0 unspecified atom stereocenters. The number of nitrogens with one attached hydrogen (secondary N) is 1. The van der Waals surface area contributed by atoms with Crippen LogP contribution < -0.4 is 11.1 Å². The molecule has 0 atom stereocenters. The number of pyridine rings is 1. The van der Waals surface area contributed by atoms with Crippen molar-refractivity contribution >= 4 is 17.4 Å². The number of aryl methyl sites for hydroxylation is 1. The summed E-state index contributed by atoms with van der Waals surface area (Å²) in [6.45, 7) is 2.10. The fourth-order valence-electron chi connectivity index (χ4n) is 2.89. The third kappa shape index (κ3) is 3.37. The minimum absolute atomic E-state index is 0.304. The lowest BCUT2D eigenvalue weighted by molar-refractivity contribution is 0.0994. The molecule has 0 radical (unpaired) electrons. The standard InChI is InChI=1S/C19H16FN7O/c1-11-24-18(16-14-6-3-7-15(17(21)28)27(14)10-23-16)26-19(25-11)22-9-12-4-2-5-13(20)8-12/h2-8,10H,9H2,1H3,(H2,21,28)(H,22,24,25,26). The predicted octanol–water partition coefficient (Wildman–Crippen LogP) is 2.34. The largest absolute Gasteiger partial charge is 0.364 e. The maximum atomic E-state index is 13.3. The van der Waals surface area contributed by atoms with E-state index in [0.717, 1.165) is 5.56 Å². The molecule has 0 aliphatic carbocycles. The van der Waals surface area contributed by atoms with Crippen LogP contribution in [-0.4, -0.2) is 30.2 Å². The molecule has 0 fully saturated rings. The molecule has 0 aliphatic rings. The van der Waals surface area contributed by atoms with E-state index in [-0.39, 0.29) is 5.82 Å². The molecular weight excluding hydrogens is 361 g/mol. The van der Waals surface area contributed by atoms with E-state index in [4.69, 9.17) is 5.73 Å². The van der Waals surface area contributed by atoms with E-state index in [1.165, 1.54) is 18.5 Å². The highest BCUT2D eigenvalue weighted by atomic mass is 19.1. The molecule has 0 bridgehead atoms. The van der Waals surface area contributed by atoms with Gasteiger partial charge in [0.25, 0.3) is 5.91 Å². The van der Waals surface area contributed by atoms with Gasteiger partial charge in [-0.15, -0.1) is 0 Å². The summed E-state index contributed by atoms with van der Waals surface area (Å²) >= 11 is 0.